The van der Waals surface area contributed by atoms with Crippen LogP contribution >= 0.6 is 8.25 Å². The van der Waals surface area contributed by atoms with Crippen LogP contribution in [0, 0.1) is 0 Å². The molecule has 0 spiro atoms. The summed E-state index contributed by atoms with van der Waals surface area (Å²) in [6.45, 7) is 0. The van der Waals surface area contributed by atoms with Gasteiger partial charge in [0.1, 0.15) is 0 Å². The summed E-state index contributed by atoms with van der Waals surface area (Å²) in [5.41, 5.74) is 2.55. The first-order chi connectivity index (χ1) is 7.70. The Morgan fingerprint density at radius 2 is 0.938 bits per heavy atom. The van der Waals surface area contributed by atoms with Gasteiger partial charge in [0, 0.05) is 0 Å². The van der Waals surface area contributed by atoms with Crippen LogP contribution in [0.15, 0.2) is 60.7 Å². The van der Waals surface area contributed by atoms with Crippen molar-refractivity contribution < 1.29 is 14.4 Å². The van der Waals surface area contributed by atoms with E-state index in [1.165, 1.54) is 11.1 Å². The minimum absolute atomic E-state index is 1.28. The van der Waals surface area contributed by atoms with E-state index >= 15 is 0 Å². The molecule has 0 fully saturated rings. The summed E-state index contributed by atoms with van der Waals surface area (Å²) in [5, 5.41) is 0. The fraction of sp³-hybridized carbons (Fsp3) is 0. The molecule has 0 bridgehead atoms. The highest BCUT2D eigenvalue weighted by molar-refractivity contribution is 7.27. The monoisotopic (exact) mass is 233 g/mol. The van der Waals surface area contributed by atoms with Crippen molar-refractivity contribution in [1.82, 2.24) is 0 Å². The van der Waals surface area contributed by atoms with Gasteiger partial charge >= 0.3 is 0 Å². The van der Waals surface area contributed by atoms with Crippen LogP contribution in [0.25, 0.3) is 11.1 Å². The highest BCUT2D eigenvalue weighted by atomic mass is 31.1. The molecule has 0 heterocycles. The van der Waals surface area contributed by atoms with Crippen LogP contribution in [0.1, 0.15) is 0 Å². The first-order valence-corrected chi connectivity index (χ1v) is 5.71. The largest absolute Gasteiger partial charge is 0.598 e. The Kier molecular flexibility index (Phi) is 5.37. The Morgan fingerprint density at radius 1 is 0.688 bits per heavy atom. The van der Waals surface area contributed by atoms with Crippen LogP contribution in [0.5, 0.6) is 0 Å². The molecule has 0 amide bonds. The predicted octanol–water partition coefficient (Wildman–Crippen LogP) is 1.72. The van der Waals surface area contributed by atoms with Crippen molar-refractivity contribution in [3.05, 3.63) is 60.7 Å². The zero-order valence-corrected chi connectivity index (χ0v) is 9.34. The molecular weight excluding hydrogens is 223 g/mol. The molecule has 2 aromatic rings. The summed E-state index contributed by atoms with van der Waals surface area (Å²) in [7, 11) is -3.37. The van der Waals surface area contributed by atoms with E-state index in [0.29, 0.717) is 0 Å². The van der Waals surface area contributed by atoms with Gasteiger partial charge < -0.3 is 9.79 Å². The molecule has 0 radical (unpaired) electrons. The van der Waals surface area contributed by atoms with E-state index in [9.17, 15) is 0 Å². The van der Waals surface area contributed by atoms with Crippen LogP contribution in [-0.4, -0.2) is 0 Å². The summed E-state index contributed by atoms with van der Waals surface area (Å²) in [6, 6.07) is 20.8. The average Bonchev–Trinajstić information content (AvgIpc) is 2.31. The van der Waals surface area contributed by atoms with Crippen molar-refractivity contribution >= 4 is 8.25 Å². The first-order valence-electron chi connectivity index (χ1n) is 4.62. The second-order valence-corrected chi connectivity index (χ2v) is 3.40. The minimum Gasteiger partial charge on any atom is -0.598 e. The SMILES string of the molecule is O=[P+]([O-])[O-].c1ccc(-c2ccccc2)cc1. The molecule has 0 aliphatic rings. The lowest BCUT2D eigenvalue weighted by Gasteiger charge is -1.98. The second kappa shape index (κ2) is 6.85. The Labute approximate surface area is 95.0 Å². The molecule has 0 aromatic heterocycles. The van der Waals surface area contributed by atoms with Crippen molar-refractivity contribution in [3.8, 4) is 11.1 Å². The minimum atomic E-state index is -3.37. The third kappa shape index (κ3) is 4.80. The highest BCUT2D eigenvalue weighted by Gasteiger charge is 1.91. The summed E-state index contributed by atoms with van der Waals surface area (Å²) >= 11 is 0. The van der Waals surface area contributed by atoms with Crippen molar-refractivity contribution in [2.24, 2.45) is 0 Å². The van der Waals surface area contributed by atoms with Crippen LogP contribution in [-0.2, 0) is 4.57 Å². The molecule has 0 saturated carbocycles. The molecular formula is C12H10O3P-. The van der Waals surface area contributed by atoms with E-state index < -0.39 is 8.25 Å². The normalized spacial score (nSPS) is 8.88. The quantitative estimate of drug-likeness (QED) is 0.704. The molecule has 0 aliphatic heterocycles. The molecule has 16 heavy (non-hydrogen) atoms. The fourth-order valence-electron chi connectivity index (χ4n) is 1.26. The maximum Gasteiger partial charge on any atom is 0.276 e. The molecule has 2 rings (SSSR count). The Balaban J connectivity index is 0.000000280. The smallest absolute Gasteiger partial charge is 0.276 e. The molecule has 0 aliphatic carbocycles. The van der Waals surface area contributed by atoms with Crippen LogP contribution < -0.4 is 9.79 Å². The van der Waals surface area contributed by atoms with Crippen LogP contribution in [0.4, 0.5) is 0 Å². The first kappa shape index (κ1) is 12.5. The van der Waals surface area contributed by atoms with E-state index in [0.717, 1.165) is 0 Å². The number of benzene rings is 2. The predicted molar refractivity (Wildman–Crippen MR) is 59.5 cm³/mol. The molecule has 0 atom stereocenters. The summed E-state index contributed by atoms with van der Waals surface area (Å²) < 4.78 is 8.48. The Morgan fingerprint density at radius 3 is 1.19 bits per heavy atom. The molecule has 4 heteroatoms. The van der Waals surface area contributed by atoms with Crippen molar-refractivity contribution in [1.29, 1.82) is 0 Å². The van der Waals surface area contributed by atoms with E-state index in [4.69, 9.17) is 14.4 Å². The zero-order chi connectivity index (χ0) is 11.8. The van der Waals surface area contributed by atoms with E-state index in [1.807, 2.05) is 12.1 Å². The van der Waals surface area contributed by atoms with Gasteiger partial charge in [-0.2, -0.15) is 0 Å². The van der Waals surface area contributed by atoms with Gasteiger partial charge in [-0.1, -0.05) is 65.2 Å². The van der Waals surface area contributed by atoms with Gasteiger partial charge in [-0.05, 0) is 11.1 Å². The molecule has 0 unspecified atom stereocenters. The maximum absolute atomic E-state index is 8.48. The van der Waals surface area contributed by atoms with Crippen LogP contribution in [0.2, 0.25) is 0 Å². The standard InChI is InChI=1S/C12H10.HO3P/c1-3-7-11(8-4-1)12-9-5-2-6-10-12;1-4(2)3/h1-10H;(H,1,2,3)/p-1. The van der Waals surface area contributed by atoms with Crippen LogP contribution in [0.3, 0.4) is 0 Å². The second-order valence-electron chi connectivity index (χ2n) is 2.96. The summed E-state index contributed by atoms with van der Waals surface area (Å²) in [6.07, 6.45) is 0. The molecule has 3 nitrogen and oxygen atoms in total. The van der Waals surface area contributed by atoms with Gasteiger partial charge in [0.2, 0.25) is 0 Å². The third-order valence-corrected chi connectivity index (χ3v) is 1.88. The molecule has 82 valence electrons. The zero-order valence-electron chi connectivity index (χ0n) is 8.45. The van der Waals surface area contributed by atoms with Crippen molar-refractivity contribution in [2.75, 3.05) is 0 Å². The Bertz CT molecular complexity index is 387. The maximum atomic E-state index is 8.48. The topological polar surface area (TPSA) is 63.2 Å². The molecule has 2 aromatic carbocycles. The van der Waals surface area contributed by atoms with Gasteiger partial charge in [0.25, 0.3) is 8.25 Å². The van der Waals surface area contributed by atoms with Gasteiger partial charge in [-0.15, -0.1) is 0 Å². The molecule has 0 N–H and O–H groups in total. The van der Waals surface area contributed by atoms with E-state index in [-0.39, 0.29) is 0 Å². The third-order valence-electron chi connectivity index (χ3n) is 1.88. The van der Waals surface area contributed by atoms with Gasteiger partial charge in [-0.3, -0.25) is 0 Å². The lowest BCUT2D eigenvalue weighted by molar-refractivity contribution is -0.297. The van der Waals surface area contributed by atoms with E-state index in [1.54, 1.807) is 0 Å². The lowest BCUT2D eigenvalue weighted by atomic mass is 10.1. The van der Waals surface area contributed by atoms with Gasteiger partial charge in [0.15, 0.2) is 0 Å². The summed E-state index contributed by atoms with van der Waals surface area (Å²) in [4.78, 5) is 17.0. The summed E-state index contributed by atoms with van der Waals surface area (Å²) in [5.74, 6) is 0. The van der Waals surface area contributed by atoms with Gasteiger partial charge in [-0.25, -0.2) is 0 Å². The van der Waals surface area contributed by atoms with Crippen molar-refractivity contribution in [3.63, 3.8) is 0 Å². The fourth-order valence-corrected chi connectivity index (χ4v) is 1.26. The van der Waals surface area contributed by atoms with Crippen molar-refractivity contribution in [2.45, 2.75) is 0 Å². The Hall–Kier alpha value is -1.54. The number of rotatable bonds is 1. The lowest BCUT2D eigenvalue weighted by Crippen LogP contribution is -1.97. The average molecular weight is 233 g/mol. The van der Waals surface area contributed by atoms with Gasteiger partial charge in [0.05, 0.1) is 0 Å². The number of hydrogen-bond acceptors (Lipinski definition) is 3. The number of hydrogen-bond donors (Lipinski definition) is 0. The molecule has 0 saturated heterocycles. The highest BCUT2D eigenvalue weighted by Crippen LogP contribution is 2.17. The van der Waals surface area contributed by atoms with E-state index in [2.05, 4.69) is 48.5 Å².